The molecule has 0 aliphatic carbocycles. The number of aromatic nitrogens is 3. The molecular weight excluding hydrogens is 452 g/mol. The van der Waals surface area contributed by atoms with E-state index in [1.165, 1.54) is 6.33 Å². The zero-order valence-corrected chi connectivity index (χ0v) is 19.4. The van der Waals surface area contributed by atoms with Crippen molar-refractivity contribution in [3.8, 4) is 11.3 Å². The van der Waals surface area contributed by atoms with Gasteiger partial charge < -0.3 is 10.4 Å². The van der Waals surface area contributed by atoms with Crippen molar-refractivity contribution in [2.75, 3.05) is 12.4 Å². The van der Waals surface area contributed by atoms with Gasteiger partial charge in [-0.05, 0) is 54.0 Å². The Kier molecular flexibility index (Phi) is 6.72. The van der Waals surface area contributed by atoms with E-state index in [1.54, 1.807) is 45.9 Å². The van der Waals surface area contributed by atoms with Gasteiger partial charge in [0.05, 0.1) is 11.2 Å². The standard InChI is InChI=1S/C25H23ClN6O2/c1-16(13-31(3)27-2)19-12-22-23(28-15-29-32(22)14-19)17-6-10-21(11-7-17)30-25(34)24(33)18-4-8-20(26)9-5-18/h4-15,24,33H,2H2,1,3H3,(H,30,34)/b16-13+. The van der Waals surface area contributed by atoms with Crippen LogP contribution < -0.4 is 5.32 Å². The molecule has 34 heavy (non-hydrogen) atoms. The van der Waals surface area contributed by atoms with Crippen molar-refractivity contribution < 1.29 is 9.90 Å². The molecule has 0 aliphatic heterocycles. The third-order valence-corrected chi connectivity index (χ3v) is 5.58. The number of halogens is 1. The van der Waals surface area contributed by atoms with Crippen LogP contribution in [0.25, 0.3) is 22.3 Å². The highest BCUT2D eigenvalue weighted by Gasteiger charge is 2.17. The second kappa shape index (κ2) is 9.86. The van der Waals surface area contributed by atoms with Crippen molar-refractivity contribution in [2.24, 2.45) is 5.10 Å². The van der Waals surface area contributed by atoms with E-state index < -0.39 is 12.0 Å². The van der Waals surface area contributed by atoms with E-state index in [-0.39, 0.29) is 0 Å². The van der Waals surface area contributed by atoms with Gasteiger partial charge in [0.2, 0.25) is 0 Å². The molecule has 1 amide bonds. The van der Waals surface area contributed by atoms with Crippen LogP contribution in [0, 0.1) is 0 Å². The highest BCUT2D eigenvalue weighted by atomic mass is 35.5. The summed E-state index contributed by atoms with van der Waals surface area (Å²) < 4.78 is 1.77. The van der Waals surface area contributed by atoms with Gasteiger partial charge in [-0.1, -0.05) is 35.9 Å². The lowest BCUT2D eigenvalue weighted by atomic mass is 10.1. The van der Waals surface area contributed by atoms with Crippen LogP contribution in [0.5, 0.6) is 0 Å². The Balaban J connectivity index is 1.55. The minimum Gasteiger partial charge on any atom is -0.378 e. The first-order valence-corrected chi connectivity index (χ1v) is 10.8. The first kappa shape index (κ1) is 23.2. The molecule has 0 fully saturated rings. The maximum Gasteiger partial charge on any atom is 0.257 e. The van der Waals surface area contributed by atoms with Crippen molar-refractivity contribution in [3.05, 3.63) is 89.5 Å². The van der Waals surface area contributed by atoms with Crippen LogP contribution in [0.3, 0.4) is 0 Å². The number of fused-ring (bicyclic) bond motifs is 1. The van der Waals surface area contributed by atoms with E-state index in [0.29, 0.717) is 16.3 Å². The van der Waals surface area contributed by atoms with Crippen LogP contribution in [0.15, 0.2) is 78.4 Å². The molecule has 0 saturated carbocycles. The van der Waals surface area contributed by atoms with Gasteiger partial charge in [-0.2, -0.15) is 10.2 Å². The van der Waals surface area contributed by atoms with Crippen molar-refractivity contribution in [3.63, 3.8) is 0 Å². The summed E-state index contributed by atoms with van der Waals surface area (Å²) in [6, 6.07) is 15.7. The molecule has 2 heterocycles. The number of aliphatic hydroxyl groups is 1. The van der Waals surface area contributed by atoms with E-state index >= 15 is 0 Å². The zero-order chi connectivity index (χ0) is 24.2. The number of aliphatic hydroxyl groups excluding tert-OH is 1. The Hall–Kier alpha value is -4.01. The Morgan fingerprint density at radius 3 is 2.62 bits per heavy atom. The lowest BCUT2D eigenvalue weighted by molar-refractivity contribution is -0.124. The number of benzene rings is 2. The largest absolute Gasteiger partial charge is 0.378 e. The van der Waals surface area contributed by atoms with E-state index in [2.05, 4.69) is 27.2 Å². The SMILES string of the molecule is C=NN(C)/C=C(\C)c1cc2c(-c3ccc(NC(=O)C(O)c4ccc(Cl)cc4)cc3)ncnn2c1. The average Bonchev–Trinajstić information content (AvgIpc) is 3.29. The molecule has 0 saturated heterocycles. The summed E-state index contributed by atoms with van der Waals surface area (Å²) in [6.45, 7) is 5.50. The summed E-state index contributed by atoms with van der Waals surface area (Å²) in [5.74, 6) is -0.531. The summed E-state index contributed by atoms with van der Waals surface area (Å²) in [4.78, 5) is 16.9. The number of carbonyl (C=O) groups is 1. The smallest absolute Gasteiger partial charge is 0.257 e. The maximum atomic E-state index is 12.5. The number of allylic oxidation sites excluding steroid dienone is 1. The van der Waals surface area contributed by atoms with Crippen LogP contribution in [-0.2, 0) is 4.79 Å². The number of hydrogen-bond acceptors (Lipinski definition) is 6. The van der Waals surface area contributed by atoms with Crippen LogP contribution in [0.2, 0.25) is 5.02 Å². The molecule has 4 rings (SSSR count). The fourth-order valence-corrected chi connectivity index (χ4v) is 3.61. The topological polar surface area (TPSA) is 95.1 Å². The molecule has 2 aromatic carbocycles. The second-order valence-corrected chi connectivity index (χ2v) is 8.15. The highest BCUT2D eigenvalue weighted by molar-refractivity contribution is 6.30. The van der Waals surface area contributed by atoms with Gasteiger partial charge in [0.1, 0.15) is 6.33 Å². The fraction of sp³-hybridized carbons (Fsp3) is 0.120. The van der Waals surface area contributed by atoms with Gasteiger partial charge in [-0.25, -0.2) is 9.50 Å². The molecule has 0 spiro atoms. The molecule has 2 N–H and O–H groups in total. The number of hydrazone groups is 1. The Bertz CT molecular complexity index is 1360. The van der Waals surface area contributed by atoms with Gasteiger partial charge in [-0.15, -0.1) is 0 Å². The zero-order valence-electron chi connectivity index (χ0n) is 18.7. The molecule has 0 aliphatic rings. The number of carbonyl (C=O) groups excluding carboxylic acids is 1. The van der Waals surface area contributed by atoms with Crippen LogP contribution in [0.1, 0.15) is 24.2 Å². The quantitative estimate of drug-likeness (QED) is 0.301. The fourth-order valence-electron chi connectivity index (χ4n) is 3.48. The summed E-state index contributed by atoms with van der Waals surface area (Å²) in [6.07, 6.45) is 4.01. The van der Waals surface area contributed by atoms with Crippen LogP contribution >= 0.6 is 11.6 Å². The summed E-state index contributed by atoms with van der Waals surface area (Å²) in [7, 11) is 1.81. The molecular formula is C25H23ClN6O2. The molecule has 0 radical (unpaired) electrons. The number of rotatable bonds is 7. The molecule has 172 valence electrons. The third-order valence-electron chi connectivity index (χ3n) is 5.32. The lowest BCUT2D eigenvalue weighted by Gasteiger charge is -2.12. The number of amides is 1. The monoisotopic (exact) mass is 474 g/mol. The number of nitrogens with zero attached hydrogens (tertiary/aromatic N) is 5. The number of hydrogen-bond donors (Lipinski definition) is 2. The van der Waals surface area contributed by atoms with E-state index in [0.717, 1.165) is 27.9 Å². The maximum absolute atomic E-state index is 12.5. The Morgan fingerprint density at radius 1 is 1.24 bits per heavy atom. The molecule has 2 aromatic heterocycles. The van der Waals surface area contributed by atoms with Crippen LogP contribution in [-0.4, -0.2) is 44.4 Å². The predicted octanol–water partition coefficient (Wildman–Crippen LogP) is 4.63. The second-order valence-electron chi connectivity index (χ2n) is 7.72. The summed E-state index contributed by atoms with van der Waals surface area (Å²) >= 11 is 5.87. The van der Waals surface area contributed by atoms with Crippen molar-refractivity contribution in [1.29, 1.82) is 0 Å². The number of nitrogens with one attached hydrogen (secondary N) is 1. The number of anilines is 1. The normalized spacial score (nSPS) is 12.4. The van der Waals surface area contributed by atoms with E-state index in [9.17, 15) is 9.90 Å². The van der Waals surface area contributed by atoms with Crippen LogP contribution in [0.4, 0.5) is 5.69 Å². The molecule has 9 heteroatoms. The molecule has 1 atom stereocenters. The van der Waals surface area contributed by atoms with Gasteiger partial charge in [0, 0.05) is 42.4 Å². The van der Waals surface area contributed by atoms with E-state index in [1.807, 2.05) is 44.6 Å². The van der Waals surface area contributed by atoms with Gasteiger partial charge >= 0.3 is 0 Å². The molecule has 8 nitrogen and oxygen atoms in total. The minimum atomic E-state index is -1.30. The predicted molar refractivity (Wildman–Crippen MR) is 134 cm³/mol. The molecule has 1 unspecified atom stereocenters. The average molecular weight is 475 g/mol. The van der Waals surface area contributed by atoms with Gasteiger partial charge in [-0.3, -0.25) is 9.80 Å². The molecule has 4 aromatic rings. The van der Waals surface area contributed by atoms with Crippen molar-refractivity contribution in [2.45, 2.75) is 13.0 Å². The Labute approximate surface area is 201 Å². The summed E-state index contributed by atoms with van der Waals surface area (Å²) in [5, 5.41) is 23.4. The van der Waals surface area contributed by atoms with Crippen molar-refractivity contribution >= 4 is 41.0 Å². The first-order chi connectivity index (χ1) is 16.4. The van der Waals surface area contributed by atoms with E-state index in [4.69, 9.17) is 11.6 Å². The van der Waals surface area contributed by atoms with Gasteiger partial charge in [0.25, 0.3) is 5.91 Å². The third kappa shape index (κ3) is 4.98. The van der Waals surface area contributed by atoms with Crippen molar-refractivity contribution in [1.82, 2.24) is 19.6 Å². The Morgan fingerprint density at radius 2 is 1.94 bits per heavy atom. The highest BCUT2D eigenvalue weighted by Crippen LogP contribution is 2.27. The lowest BCUT2D eigenvalue weighted by Crippen LogP contribution is -2.20. The van der Waals surface area contributed by atoms with Gasteiger partial charge in [0.15, 0.2) is 6.10 Å². The first-order valence-electron chi connectivity index (χ1n) is 10.4. The molecule has 0 bridgehead atoms. The minimum absolute atomic E-state index is 0.463. The summed E-state index contributed by atoms with van der Waals surface area (Å²) in [5.41, 5.74) is 5.46.